The molecule has 1 aliphatic rings. The number of aromatic nitrogens is 2. The molecule has 0 fully saturated rings. The van der Waals surface area contributed by atoms with E-state index in [1.165, 1.54) is 0 Å². The number of carboxylic acids is 1. The summed E-state index contributed by atoms with van der Waals surface area (Å²) >= 11 is 0. The van der Waals surface area contributed by atoms with Gasteiger partial charge < -0.3 is 20.5 Å². The van der Waals surface area contributed by atoms with E-state index >= 15 is 0 Å². The van der Waals surface area contributed by atoms with Crippen molar-refractivity contribution in [2.24, 2.45) is 0 Å². The Morgan fingerprint density at radius 1 is 0.971 bits per heavy atom. The Bertz CT molecular complexity index is 1180. The van der Waals surface area contributed by atoms with Crippen LogP contribution in [0.25, 0.3) is 11.1 Å². The van der Waals surface area contributed by atoms with Crippen molar-refractivity contribution in [1.82, 2.24) is 20.8 Å². The number of nitrogens with zero attached hydrogens (tertiary/aromatic N) is 2. The summed E-state index contributed by atoms with van der Waals surface area (Å²) < 4.78 is 5.50. The summed E-state index contributed by atoms with van der Waals surface area (Å²) in [6, 6.07) is 18.4. The molecule has 0 bridgehead atoms. The molecule has 0 radical (unpaired) electrons. The van der Waals surface area contributed by atoms with Crippen LogP contribution in [0, 0.1) is 6.92 Å². The Hall–Kier alpha value is -4.27. The molecule has 35 heavy (non-hydrogen) atoms. The van der Waals surface area contributed by atoms with Gasteiger partial charge in [-0.3, -0.25) is 9.59 Å². The highest BCUT2D eigenvalue weighted by molar-refractivity contribution is 5.86. The van der Waals surface area contributed by atoms with Crippen LogP contribution in [0.3, 0.4) is 0 Å². The predicted molar refractivity (Wildman–Crippen MR) is 127 cm³/mol. The highest BCUT2D eigenvalue weighted by Crippen LogP contribution is 2.44. The molecule has 9 heteroatoms. The first kappa shape index (κ1) is 23.9. The molecule has 1 atom stereocenters. The van der Waals surface area contributed by atoms with E-state index in [9.17, 15) is 14.4 Å². The molecule has 1 aliphatic carbocycles. The minimum absolute atomic E-state index is 0.0784. The summed E-state index contributed by atoms with van der Waals surface area (Å²) in [5.41, 5.74) is 5.64. The number of rotatable bonds is 9. The van der Waals surface area contributed by atoms with E-state index in [-0.39, 0.29) is 31.9 Å². The second-order valence-corrected chi connectivity index (χ2v) is 8.34. The van der Waals surface area contributed by atoms with Crippen LogP contribution in [-0.4, -0.2) is 45.9 Å². The van der Waals surface area contributed by atoms with Crippen molar-refractivity contribution in [3.63, 3.8) is 0 Å². The van der Waals surface area contributed by atoms with Crippen molar-refractivity contribution in [3.8, 4) is 11.1 Å². The topological polar surface area (TPSA) is 131 Å². The number of amides is 2. The average molecular weight is 475 g/mol. The van der Waals surface area contributed by atoms with Crippen LogP contribution in [0.5, 0.6) is 0 Å². The van der Waals surface area contributed by atoms with Crippen LogP contribution in [0.15, 0.2) is 60.7 Å². The van der Waals surface area contributed by atoms with Crippen LogP contribution >= 0.6 is 0 Å². The lowest BCUT2D eigenvalue weighted by Gasteiger charge is -2.19. The summed E-state index contributed by atoms with van der Waals surface area (Å²) in [5, 5.41) is 22.2. The van der Waals surface area contributed by atoms with Crippen molar-refractivity contribution < 1.29 is 24.2 Å². The molecule has 1 unspecified atom stereocenters. The SMILES string of the molecule is Cc1ccc(CNC(=O)C(CCC(=O)O)NC(=O)OCC2c3ccccc3-c3ccccc32)nn1. The number of hydrogen-bond acceptors (Lipinski definition) is 6. The number of aliphatic carboxylic acids is 1. The minimum atomic E-state index is -1.07. The quantitative estimate of drug-likeness (QED) is 0.434. The molecule has 0 saturated carbocycles. The molecule has 0 spiro atoms. The van der Waals surface area contributed by atoms with Gasteiger partial charge in [0.2, 0.25) is 5.91 Å². The molecular formula is C26H26N4O5. The van der Waals surface area contributed by atoms with Gasteiger partial charge in [-0.15, -0.1) is 0 Å². The second-order valence-electron chi connectivity index (χ2n) is 8.34. The van der Waals surface area contributed by atoms with Crippen LogP contribution in [0.1, 0.15) is 41.3 Å². The Morgan fingerprint density at radius 3 is 2.23 bits per heavy atom. The lowest BCUT2D eigenvalue weighted by molar-refractivity contribution is -0.137. The molecule has 0 aliphatic heterocycles. The van der Waals surface area contributed by atoms with E-state index in [0.717, 1.165) is 27.9 Å². The van der Waals surface area contributed by atoms with Crippen molar-refractivity contribution in [1.29, 1.82) is 0 Å². The van der Waals surface area contributed by atoms with E-state index in [1.54, 1.807) is 19.1 Å². The lowest BCUT2D eigenvalue weighted by Crippen LogP contribution is -2.47. The number of carbonyl (C=O) groups excluding carboxylic acids is 2. The summed E-state index contributed by atoms with van der Waals surface area (Å²) in [6.07, 6.45) is -1.15. The van der Waals surface area contributed by atoms with Crippen LogP contribution in [0.4, 0.5) is 4.79 Å². The highest BCUT2D eigenvalue weighted by Gasteiger charge is 2.30. The monoisotopic (exact) mass is 474 g/mol. The number of benzene rings is 2. The first-order chi connectivity index (χ1) is 16.9. The van der Waals surface area contributed by atoms with Gasteiger partial charge >= 0.3 is 12.1 Å². The molecule has 1 aromatic heterocycles. The molecular weight excluding hydrogens is 448 g/mol. The fraction of sp³-hybridized carbons (Fsp3) is 0.269. The summed E-state index contributed by atoms with van der Waals surface area (Å²) in [5.74, 6) is -1.72. The molecule has 1 heterocycles. The van der Waals surface area contributed by atoms with Crippen molar-refractivity contribution in [2.75, 3.05) is 6.61 Å². The van der Waals surface area contributed by atoms with Crippen LogP contribution in [0.2, 0.25) is 0 Å². The Balaban J connectivity index is 1.38. The number of nitrogens with one attached hydrogen (secondary N) is 2. The minimum Gasteiger partial charge on any atom is -0.481 e. The van der Waals surface area contributed by atoms with Gasteiger partial charge in [-0.25, -0.2) is 4.79 Å². The number of alkyl carbamates (subject to hydrolysis) is 1. The number of hydrogen-bond donors (Lipinski definition) is 3. The van der Waals surface area contributed by atoms with Gasteiger partial charge in [-0.2, -0.15) is 10.2 Å². The van der Waals surface area contributed by atoms with E-state index in [0.29, 0.717) is 5.69 Å². The largest absolute Gasteiger partial charge is 0.481 e. The van der Waals surface area contributed by atoms with Gasteiger partial charge in [0.15, 0.2) is 0 Å². The lowest BCUT2D eigenvalue weighted by atomic mass is 9.98. The zero-order valence-electron chi connectivity index (χ0n) is 19.2. The maximum Gasteiger partial charge on any atom is 0.407 e. The molecule has 0 saturated heterocycles. The average Bonchev–Trinajstić information content (AvgIpc) is 3.18. The standard InChI is InChI=1S/C26H26N4O5/c1-16-10-11-17(30-29-16)14-27-25(33)23(12-13-24(31)32)28-26(34)35-15-22-20-8-4-2-6-18(20)19-7-3-5-9-21(19)22/h2-11,22-23H,12-15H2,1H3,(H,27,33)(H,28,34)(H,31,32). The Kier molecular flexibility index (Phi) is 7.35. The molecule has 2 amide bonds. The molecule has 3 aromatic rings. The summed E-state index contributed by atoms with van der Waals surface area (Å²) in [7, 11) is 0. The summed E-state index contributed by atoms with van der Waals surface area (Å²) in [4.78, 5) is 36.4. The zero-order chi connectivity index (χ0) is 24.8. The number of carboxylic acid groups (broad SMARTS) is 1. The Morgan fingerprint density at radius 2 is 1.63 bits per heavy atom. The van der Waals surface area contributed by atoms with Crippen LogP contribution in [-0.2, 0) is 20.9 Å². The fourth-order valence-corrected chi connectivity index (χ4v) is 4.14. The van der Waals surface area contributed by atoms with E-state index in [1.807, 2.05) is 48.5 Å². The first-order valence-corrected chi connectivity index (χ1v) is 11.3. The normalized spacial score (nSPS) is 12.8. The zero-order valence-corrected chi connectivity index (χ0v) is 19.2. The second kappa shape index (κ2) is 10.8. The van der Waals surface area contributed by atoms with Gasteiger partial charge in [0.1, 0.15) is 12.6 Å². The molecule has 180 valence electrons. The van der Waals surface area contributed by atoms with E-state index in [2.05, 4.69) is 20.8 Å². The first-order valence-electron chi connectivity index (χ1n) is 11.3. The van der Waals surface area contributed by atoms with E-state index in [4.69, 9.17) is 9.84 Å². The predicted octanol–water partition coefficient (Wildman–Crippen LogP) is 3.17. The molecule has 4 rings (SSSR count). The number of fused-ring (bicyclic) bond motifs is 3. The van der Waals surface area contributed by atoms with E-state index < -0.39 is 24.0 Å². The number of carbonyl (C=O) groups is 3. The highest BCUT2D eigenvalue weighted by atomic mass is 16.5. The van der Waals surface area contributed by atoms with Gasteiger partial charge in [-0.1, -0.05) is 48.5 Å². The third-order valence-corrected chi connectivity index (χ3v) is 5.90. The van der Waals surface area contributed by atoms with Gasteiger partial charge in [0.05, 0.1) is 17.9 Å². The van der Waals surface area contributed by atoms with Gasteiger partial charge in [-0.05, 0) is 47.7 Å². The maximum atomic E-state index is 12.7. The smallest absolute Gasteiger partial charge is 0.407 e. The molecule has 9 nitrogen and oxygen atoms in total. The molecule has 2 aromatic carbocycles. The third kappa shape index (κ3) is 5.81. The van der Waals surface area contributed by atoms with Crippen molar-refractivity contribution >= 4 is 18.0 Å². The fourth-order valence-electron chi connectivity index (χ4n) is 4.14. The van der Waals surface area contributed by atoms with Crippen molar-refractivity contribution in [2.45, 2.75) is 38.3 Å². The van der Waals surface area contributed by atoms with Crippen LogP contribution < -0.4 is 10.6 Å². The third-order valence-electron chi connectivity index (χ3n) is 5.90. The Labute approximate surface area is 202 Å². The van der Waals surface area contributed by atoms with Gasteiger partial charge in [0.25, 0.3) is 0 Å². The summed E-state index contributed by atoms with van der Waals surface area (Å²) in [6.45, 7) is 1.99. The number of ether oxygens (including phenoxy) is 1. The van der Waals surface area contributed by atoms with Gasteiger partial charge in [0, 0.05) is 12.3 Å². The maximum absolute atomic E-state index is 12.7. The molecule has 3 N–H and O–H groups in total. The van der Waals surface area contributed by atoms with Crippen molar-refractivity contribution in [3.05, 3.63) is 83.2 Å². The number of aryl methyl sites for hydroxylation is 1.